The Bertz CT molecular complexity index is 1120. The van der Waals surface area contributed by atoms with Gasteiger partial charge >= 0.3 is 0 Å². The van der Waals surface area contributed by atoms with Gasteiger partial charge in [-0.05, 0) is 56.9 Å². The first kappa shape index (κ1) is 28.7. The van der Waals surface area contributed by atoms with Crippen molar-refractivity contribution in [2.75, 3.05) is 17.1 Å². The summed E-state index contributed by atoms with van der Waals surface area (Å²) in [7, 11) is -3.53. The molecule has 0 fully saturated rings. The number of carbonyl (C=O) groups excluding carboxylic acids is 2. The molecule has 192 valence electrons. The van der Waals surface area contributed by atoms with E-state index in [2.05, 4.69) is 5.32 Å². The van der Waals surface area contributed by atoms with Crippen molar-refractivity contribution >= 4 is 39.1 Å². The Morgan fingerprint density at radius 3 is 2.29 bits per heavy atom. The second kappa shape index (κ2) is 12.9. The summed E-state index contributed by atoms with van der Waals surface area (Å²) in [5, 5.41) is 3.45. The van der Waals surface area contributed by atoms with Crippen molar-refractivity contribution in [3.8, 4) is 0 Å². The first-order chi connectivity index (χ1) is 16.5. The maximum Gasteiger partial charge on any atom is 0.242 e. The third-order valence-corrected chi connectivity index (χ3v) is 7.55. The molecule has 0 heterocycles. The number of nitrogens with one attached hydrogen (secondary N) is 1. The van der Waals surface area contributed by atoms with E-state index in [1.54, 1.807) is 25.1 Å². The number of para-hydroxylation sites is 1. The van der Waals surface area contributed by atoms with E-state index in [1.165, 1.54) is 9.21 Å². The fourth-order valence-electron chi connectivity index (χ4n) is 3.68. The highest BCUT2D eigenvalue weighted by molar-refractivity contribution is 7.92. The van der Waals surface area contributed by atoms with Gasteiger partial charge in [-0.3, -0.25) is 13.9 Å². The van der Waals surface area contributed by atoms with Gasteiger partial charge in [0.25, 0.3) is 0 Å². The number of carbonyl (C=O) groups is 2. The molecule has 7 nitrogen and oxygen atoms in total. The number of benzene rings is 2. The van der Waals surface area contributed by atoms with E-state index in [9.17, 15) is 18.0 Å². The molecule has 0 spiro atoms. The van der Waals surface area contributed by atoms with Crippen molar-refractivity contribution < 1.29 is 18.0 Å². The largest absolute Gasteiger partial charge is 0.352 e. The molecule has 2 aromatic carbocycles. The van der Waals surface area contributed by atoms with Crippen LogP contribution in [0.3, 0.4) is 0 Å². The van der Waals surface area contributed by atoms with E-state index in [4.69, 9.17) is 11.6 Å². The van der Waals surface area contributed by atoms with E-state index in [-0.39, 0.29) is 37.4 Å². The average molecular weight is 522 g/mol. The van der Waals surface area contributed by atoms with Crippen molar-refractivity contribution in [3.05, 3.63) is 64.7 Å². The first-order valence-electron chi connectivity index (χ1n) is 11.8. The summed E-state index contributed by atoms with van der Waals surface area (Å²) in [5.41, 5.74) is 2.17. The summed E-state index contributed by atoms with van der Waals surface area (Å²) >= 11 is 6.33. The smallest absolute Gasteiger partial charge is 0.242 e. The minimum atomic E-state index is -3.53. The van der Waals surface area contributed by atoms with Gasteiger partial charge in [0.05, 0.1) is 11.9 Å². The Labute approximate surface area is 214 Å². The summed E-state index contributed by atoms with van der Waals surface area (Å²) < 4.78 is 26.3. The number of sulfonamides is 1. The minimum absolute atomic E-state index is 0.0142. The van der Waals surface area contributed by atoms with Crippen LogP contribution in [0.4, 0.5) is 5.69 Å². The van der Waals surface area contributed by atoms with Gasteiger partial charge in [0.1, 0.15) is 6.04 Å². The molecular weight excluding hydrogens is 486 g/mol. The normalized spacial score (nSPS) is 13.1. The molecule has 35 heavy (non-hydrogen) atoms. The number of nitrogens with zero attached hydrogens (tertiary/aromatic N) is 2. The number of amides is 2. The van der Waals surface area contributed by atoms with Gasteiger partial charge in [-0.2, -0.15) is 0 Å². The Morgan fingerprint density at radius 1 is 1.06 bits per heavy atom. The molecule has 0 saturated carbocycles. The molecule has 0 aliphatic carbocycles. The maximum atomic E-state index is 13.3. The molecule has 0 bridgehead atoms. The van der Waals surface area contributed by atoms with E-state index in [0.29, 0.717) is 17.1 Å². The molecule has 0 radical (unpaired) electrons. The van der Waals surface area contributed by atoms with E-state index < -0.39 is 16.1 Å². The van der Waals surface area contributed by atoms with Gasteiger partial charge < -0.3 is 10.2 Å². The molecular formula is C26H36ClN3O4S. The molecule has 2 amide bonds. The van der Waals surface area contributed by atoms with Crippen LogP contribution in [0.2, 0.25) is 5.02 Å². The fourth-order valence-corrected chi connectivity index (χ4v) is 4.90. The Morgan fingerprint density at radius 2 is 1.69 bits per heavy atom. The van der Waals surface area contributed by atoms with Crippen LogP contribution in [-0.2, 0) is 26.2 Å². The number of aryl methyl sites for hydroxylation is 1. The molecule has 1 N–H and O–H groups in total. The summed E-state index contributed by atoms with van der Waals surface area (Å²) in [6.07, 6.45) is 2.33. The molecule has 2 atom stereocenters. The lowest BCUT2D eigenvalue weighted by Gasteiger charge is -2.30. The van der Waals surface area contributed by atoms with Gasteiger partial charge in [-0.1, -0.05) is 54.9 Å². The van der Waals surface area contributed by atoms with Crippen molar-refractivity contribution in [2.24, 2.45) is 0 Å². The predicted octanol–water partition coefficient (Wildman–Crippen LogP) is 4.53. The second-order valence-electron chi connectivity index (χ2n) is 8.83. The summed E-state index contributed by atoms with van der Waals surface area (Å²) in [6, 6.07) is 13.7. The van der Waals surface area contributed by atoms with Crippen molar-refractivity contribution in [2.45, 2.75) is 65.6 Å². The van der Waals surface area contributed by atoms with Gasteiger partial charge in [0, 0.05) is 30.6 Å². The monoisotopic (exact) mass is 521 g/mol. The Kier molecular flexibility index (Phi) is 10.6. The number of hydrogen-bond acceptors (Lipinski definition) is 4. The second-order valence-corrected chi connectivity index (χ2v) is 11.1. The topological polar surface area (TPSA) is 86.8 Å². The molecule has 9 heteroatoms. The third-order valence-electron chi connectivity index (χ3n) is 6.00. The van der Waals surface area contributed by atoms with Crippen LogP contribution in [-0.4, -0.2) is 50.0 Å². The average Bonchev–Trinajstić information content (AvgIpc) is 2.80. The van der Waals surface area contributed by atoms with Crippen LogP contribution in [0, 0.1) is 6.92 Å². The molecule has 0 aliphatic heterocycles. The zero-order valence-electron chi connectivity index (χ0n) is 21.1. The zero-order chi connectivity index (χ0) is 26.2. The third kappa shape index (κ3) is 8.25. The lowest BCUT2D eigenvalue weighted by atomic mass is 10.1. The van der Waals surface area contributed by atoms with Gasteiger partial charge in [0.2, 0.25) is 21.8 Å². The molecule has 0 aromatic heterocycles. The lowest BCUT2D eigenvalue weighted by molar-refractivity contribution is -0.140. The number of rotatable bonds is 12. The van der Waals surface area contributed by atoms with E-state index in [0.717, 1.165) is 23.8 Å². The van der Waals surface area contributed by atoms with Crippen LogP contribution < -0.4 is 9.62 Å². The fraction of sp³-hybridized carbons (Fsp3) is 0.462. The standard InChI is InChI=1S/C26H36ClN3O4S/c1-6-20(3)28-26(32)21(4)29(18-22-13-8-9-14-23(22)27)25(31)16-11-17-30(35(5,33)34)24-15-10-7-12-19(24)2/h7-10,12-15,20-21H,6,11,16-18H2,1-5H3,(H,28,32)/t20-,21-/m1/s1. The molecule has 2 rings (SSSR count). The van der Waals surface area contributed by atoms with Crippen LogP contribution in [0.25, 0.3) is 0 Å². The molecule has 0 unspecified atom stereocenters. The van der Waals surface area contributed by atoms with Crippen LogP contribution in [0.15, 0.2) is 48.5 Å². The SMILES string of the molecule is CC[C@@H](C)NC(=O)[C@@H](C)N(Cc1ccccc1Cl)C(=O)CCCN(c1ccccc1C)S(C)(=O)=O. The van der Waals surface area contributed by atoms with Crippen LogP contribution in [0.5, 0.6) is 0 Å². The summed E-state index contributed by atoms with van der Waals surface area (Å²) in [5.74, 6) is -0.479. The summed E-state index contributed by atoms with van der Waals surface area (Å²) in [4.78, 5) is 27.7. The Hall–Kier alpha value is -2.58. The maximum absolute atomic E-state index is 13.3. The lowest BCUT2D eigenvalue weighted by Crippen LogP contribution is -2.49. The van der Waals surface area contributed by atoms with Crippen LogP contribution >= 0.6 is 11.6 Å². The quantitative estimate of drug-likeness (QED) is 0.444. The molecule has 0 aliphatic rings. The number of anilines is 1. The van der Waals surface area contributed by atoms with Gasteiger partial charge in [-0.25, -0.2) is 8.42 Å². The summed E-state index contributed by atoms with van der Waals surface area (Å²) in [6.45, 7) is 7.77. The zero-order valence-corrected chi connectivity index (χ0v) is 22.7. The van der Waals surface area contributed by atoms with Crippen molar-refractivity contribution in [1.29, 1.82) is 0 Å². The highest BCUT2D eigenvalue weighted by atomic mass is 35.5. The molecule has 2 aromatic rings. The van der Waals surface area contributed by atoms with Gasteiger partial charge in [0.15, 0.2) is 0 Å². The first-order valence-corrected chi connectivity index (χ1v) is 14.0. The highest BCUT2D eigenvalue weighted by Gasteiger charge is 2.27. The van der Waals surface area contributed by atoms with E-state index in [1.807, 2.05) is 51.1 Å². The van der Waals surface area contributed by atoms with E-state index >= 15 is 0 Å². The minimum Gasteiger partial charge on any atom is -0.352 e. The predicted molar refractivity (Wildman–Crippen MR) is 142 cm³/mol. The molecule has 0 saturated heterocycles. The Balaban J connectivity index is 2.20. The highest BCUT2D eigenvalue weighted by Crippen LogP contribution is 2.23. The number of halogens is 1. The number of hydrogen-bond donors (Lipinski definition) is 1. The van der Waals surface area contributed by atoms with Gasteiger partial charge in [-0.15, -0.1) is 0 Å². The van der Waals surface area contributed by atoms with Crippen molar-refractivity contribution in [1.82, 2.24) is 10.2 Å². The van der Waals surface area contributed by atoms with Crippen LogP contribution in [0.1, 0.15) is 51.2 Å². The van der Waals surface area contributed by atoms with Crippen molar-refractivity contribution in [3.63, 3.8) is 0 Å².